The fourth-order valence-electron chi connectivity index (χ4n) is 3.96. The molecule has 0 saturated heterocycles. The number of nitrogens with zero attached hydrogens (tertiary/aromatic N) is 3. The average molecular weight is 514 g/mol. The van der Waals surface area contributed by atoms with E-state index in [1.165, 1.54) is 0 Å². The van der Waals surface area contributed by atoms with Gasteiger partial charge in [0.25, 0.3) is 0 Å². The van der Waals surface area contributed by atoms with Crippen LogP contribution in [0, 0.1) is 0 Å². The van der Waals surface area contributed by atoms with E-state index < -0.39 is 35.0 Å². The van der Waals surface area contributed by atoms with E-state index in [1.54, 1.807) is 0 Å². The maximum Gasteiger partial charge on any atom is 0.336 e. The van der Waals surface area contributed by atoms with Gasteiger partial charge in [0.2, 0.25) is 0 Å². The minimum Gasteiger partial charge on any atom is -0.481 e. The lowest BCUT2D eigenvalue weighted by Gasteiger charge is -2.14. The van der Waals surface area contributed by atoms with Crippen molar-refractivity contribution in [2.45, 2.75) is 116 Å². The molecule has 0 unspecified atom stereocenters. The molecular formula is C24H39N3O9. The van der Waals surface area contributed by atoms with E-state index in [0.29, 0.717) is 77.0 Å². The number of carboxylic acids is 3. The van der Waals surface area contributed by atoms with Crippen LogP contribution in [0.3, 0.4) is 0 Å². The first-order chi connectivity index (χ1) is 17.1. The van der Waals surface area contributed by atoms with Crippen molar-refractivity contribution in [1.82, 2.24) is 13.7 Å². The van der Waals surface area contributed by atoms with E-state index in [9.17, 15) is 28.8 Å². The number of carbonyl (C=O) groups is 3. The van der Waals surface area contributed by atoms with E-state index in [0.717, 1.165) is 13.7 Å². The zero-order valence-corrected chi connectivity index (χ0v) is 20.9. The second-order valence-electron chi connectivity index (χ2n) is 8.98. The Morgan fingerprint density at radius 2 is 0.639 bits per heavy atom. The standard InChI is InChI=1S/C24H39N3O9/c28-19(29)13-7-1-4-10-16-25-22(34)26(17-11-5-2-8-14-20(30)31)24(36)27(23(25)35)18-12-6-3-9-15-21(32)33/h1-18H2,(H,28,29)(H,30,31)(H,32,33). The van der Waals surface area contributed by atoms with Crippen LogP contribution in [0.25, 0.3) is 0 Å². The Hall–Kier alpha value is -3.18. The van der Waals surface area contributed by atoms with E-state index in [2.05, 4.69) is 0 Å². The molecule has 36 heavy (non-hydrogen) atoms. The highest BCUT2D eigenvalue weighted by Crippen LogP contribution is 2.06. The molecule has 0 aliphatic carbocycles. The molecule has 0 radical (unpaired) electrons. The molecule has 1 aromatic heterocycles. The molecule has 0 amide bonds. The highest BCUT2D eigenvalue weighted by atomic mass is 16.4. The number of aromatic nitrogens is 3. The van der Waals surface area contributed by atoms with Gasteiger partial charge >= 0.3 is 35.0 Å². The van der Waals surface area contributed by atoms with E-state index in [-0.39, 0.29) is 38.9 Å². The lowest BCUT2D eigenvalue weighted by Crippen LogP contribution is -2.54. The third kappa shape index (κ3) is 12.0. The van der Waals surface area contributed by atoms with Gasteiger partial charge in [0.15, 0.2) is 0 Å². The summed E-state index contributed by atoms with van der Waals surface area (Å²) in [5.74, 6) is -2.61. The normalized spacial score (nSPS) is 11.0. The number of carboxylic acid groups (broad SMARTS) is 3. The van der Waals surface area contributed by atoms with Crippen molar-refractivity contribution in [2.75, 3.05) is 0 Å². The summed E-state index contributed by atoms with van der Waals surface area (Å²) >= 11 is 0. The van der Waals surface area contributed by atoms with Crippen molar-refractivity contribution in [3.05, 3.63) is 31.5 Å². The topological polar surface area (TPSA) is 178 Å². The van der Waals surface area contributed by atoms with Gasteiger partial charge < -0.3 is 15.3 Å². The lowest BCUT2D eigenvalue weighted by atomic mass is 10.1. The summed E-state index contributed by atoms with van der Waals surface area (Å²) in [6.07, 6.45) is 7.12. The Morgan fingerprint density at radius 1 is 0.417 bits per heavy atom. The molecule has 1 heterocycles. The minimum atomic E-state index is -0.868. The predicted octanol–water partition coefficient (Wildman–Crippen LogP) is 2.28. The van der Waals surface area contributed by atoms with E-state index in [1.807, 2.05) is 0 Å². The summed E-state index contributed by atoms with van der Waals surface area (Å²) in [6, 6.07) is 0. The summed E-state index contributed by atoms with van der Waals surface area (Å²) in [6.45, 7) is 0.382. The molecule has 0 aliphatic rings. The van der Waals surface area contributed by atoms with Crippen LogP contribution in [-0.4, -0.2) is 46.9 Å². The average Bonchev–Trinajstić information content (AvgIpc) is 2.80. The lowest BCUT2D eigenvalue weighted by molar-refractivity contribution is -0.138. The Kier molecular flexibility index (Phi) is 14.8. The molecular weight excluding hydrogens is 474 g/mol. The third-order valence-corrected chi connectivity index (χ3v) is 5.95. The molecule has 0 saturated carbocycles. The van der Waals surface area contributed by atoms with Crippen LogP contribution >= 0.6 is 0 Å². The highest BCUT2D eigenvalue weighted by molar-refractivity contribution is 5.67. The van der Waals surface area contributed by atoms with Crippen LogP contribution < -0.4 is 17.1 Å². The van der Waals surface area contributed by atoms with Gasteiger partial charge in [-0.2, -0.15) is 0 Å². The summed E-state index contributed by atoms with van der Waals surface area (Å²) in [5.41, 5.74) is -2.00. The number of unbranched alkanes of at least 4 members (excludes halogenated alkanes) is 9. The summed E-state index contributed by atoms with van der Waals surface area (Å²) in [5, 5.41) is 26.2. The predicted molar refractivity (Wildman–Crippen MR) is 131 cm³/mol. The molecule has 3 N–H and O–H groups in total. The summed E-state index contributed by atoms with van der Waals surface area (Å²) in [7, 11) is 0. The third-order valence-electron chi connectivity index (χ3n) is 5.95. The fourth-order valence-corrected chi connectivity index (χ4v) is 3.96. The zero-order valence-electron chi connectivity index (χ0n) is 20.9. The molecule has 0 atom stereocenters. The quantitative estimate of drug-likeness (QED) is 0.208. The Labute approximate surface area is 209 Å². The Balaban J connectivity index is 2.89. The van der Waals surface area contributed by atoms with Crippen LogP contribution in [0.2, 0.25) is 0 Å². The van der Waals surface area contributed by atoms with Gasteiger partial charge in [-0.1, -0.05) is 38.5 Å². The first-order valence-corrected chi connectivity index (χ1v) is 12.7. The molecule has 12 nitrogen and oxygen atoms in total. The number of aliphatic carboxylic acids is 3. The van der Waals surface area contributed by atoms with Gasteiger partial charge in [0.05, 0.1) is 0 Å². The first kappa shape index (κ1) is 30.9. The molecule has 1 rings (SSSR count). The molecule has 12 heteroatoms. The molecule has 0 spiro atoms. The van der Waals surface area contributed by atoms with Crippen LogP contribution in [0.1, 0.15) is 96.3 Å². The zero-order chi connectivity index (χ0) is 26.9. The van der Waals surface area contributed by atoms with Crippen LogP contribution in [-0.2, 0) is 34.0 Å². The molecule has 0 fully saturated rings. The smallest absolute Gasteiger partial charge is 0.336 e. The van der Waals surface area contributed by atoms with Gasteiger partial charge in [0, 0.05) is 38.9 Å². The number of rotatable bonds is 21. The largest absolute Gasteiger partial charge is 0.481 e. The van der Waals surface area contributed by atoms with Crippen LogP contribution in [0.4, 0.5) is 0 Å². The van der Waals surface area contributed by atoms with Gasteiger partial charge in [-0.15, -0.1) is 0 Å². The molecule has 0 aromatic carbocycles. The maximum atomic E-state index is 13.0. The van der Waals surface area contributed by atoms with Gasteiger partial charge in [-0.3, -0.25) is 14.4 Å². The molecule has 0 bridgehead atoms. The van der Waals surface area contributed by atoms with Crippen molar-refractivity contribution in [1.29, 1.82) is 0 Å². The second kappa shape index (κ2) is 17.3. The minimum absolute atomic E-state index is 0.0660. The maximum absolute atomic E-state index is 13.0. The first-order valence-electron chi connectivity index (χ1n) is 12.7. The molecule has 1 aromatic rings. The van der Waals surface area contributed by atoms with Gasteiger partial charge in [-0.05, 0) is 38.5 Å². The van der Waals surface area contributed by atoms with Crippen molar-refractivity contribution in [2.24, 2.45) is 0 Å². The van der Waals surface area contributed by atoms with Gasteiger partial charge in [-0.25, -0.2) is 28.1 Å². The van der Waals surface area contributed by atoms with Crippen molar-refractivity contribution in [3.8, 4) is 0 Å². The van der Waals surface area contributed by atoms with Crippen molar-refractivity contribution < 1.29 is 29.7 Å². The highest BCUT2D eigenvalue weighted by Gasteiger charge is 2.15. The van der Waals surface area contributed by atoms with Crippen molar-refractivity contribution >= 4 is 17.9 Å². The van der Waals surface area contributed by atoms with Gasteiger partial charge in [0.1, 0.15) is 0 Å². The van der Waals surface area contributed by atoms with E-state index >= 15 is 0 Å². The monoisotopic (exact) mass is 513 g/mol. The van der Waals surface area contributed by atoms with Crippen LogP contribution in [0.5, 0.6) is 0 Å². The Bertz CT molecular complexity index is 864. The number of hydrogen-bond acceptors (Lipinski definition) is 6. The van der Waals surface area contributed by atoms with Crippen LogP contribution in [0.15, 0.2) is 14.4 Å². The Morgan fingerprint density at radius 3 is 0.861 bits per heavy atom. The second-order valence-corrected chi connectivity index (χ2v) is 8.98. The fraction of sp³-hybridized carbons (Fsp3) is 0.750. The summed E-state index contributed by atoms with van der Waals surface area (Å²) < 4.78 is 3.19. The number of hydrogen-bond donors (Lipinski definition) is 3. The van der Waals surface area contributed by atoms with Crippen molar-refractivity contribution in [3.63, 3.8) is 0 Å². The molecule has 0 aliphatic heterocycles. The SMILES string of the molecule is O=C(O)CCCCCCn1c(=O)n(CCCCCCC(=O)O)c(=O)n(CCCCCCC(=O)O)c1=O. The summed E-state index contributed by atoms with van der Waals surface area (Å²) in [4.78, 5) is 70.8. The van der Waals surface area contributed by atoms with E-state index in [4.69, 9.17) is 15.3 Å². The molecule has 204 valence electrons.